The van der Waals surface area contributed by atoms with Crippen LogP contribution in [0.1, 0.15) is 60.3 Å². The lowest BCUT2D eigenvalue weighted by atomic mass is 9.93. The minimum Gasteiger partial charge on any atom is -0.489 e. The fraction of sp³-hybridized carbons (Fsp3) is 0.458. The van der Waals surface area contributed by atoms with Gasteiger partial charge in [0.1, 0.15) is 12.4 Å². The summed E-state index contributed by atoms with van der Waals surface area (Å²) in [4.78, 5) is 14.7. The molecule has 156 valence electrons. The monoisotopic (exact) mass is 396 g/mol. The molecule has 0 spiro atoms. The van der Waals surface area contributed by atoms with Crippen molar-refractivity contribution in [1.29, 1.82) is 0 Å². The minimum atomic E-state index is -0.298. The van der Waals surface area contributed by atoms with Gasteiger partial charge in [-0.1, -0.05) is 38.1 Å². The largest absolute Gasteiger partial charge is 0.489 e. The molecule has 1 atom stereocenters. The van der Waals surface area contributed by atoms with Crippen LogP contribution in [0.2, 0.25) is 0 Å². The zero-order valence-electron chi connectivity index (χ0n) is 17.7. The molecular formula is C24H32N2O3. The summed E-state index contributed by atoms with van der Waals surface area (Å²) in [7, 11) is 0. The summed E-state index contributed by atoms with van der Waals surface area (Å²) in [6.45, 7) is 11.2. The van der Waals surface area contributed by atoms with Gasteiger partial charge in [-0.3, -0.25) is 0 Å². The predicted molar refractivity (Wildman–Crippen MR) is 115 cm³/mol. The molecule has 0 saturated heterocycles. The molecule has 1 unspecified atom stereocenters. The number of fused-ring (bicyclic) bond motifs is 2. The molecule has 1 N–H and O–H groups in total. The topological polar surface area (TPSA) is 50.8 Å². The summed E-state index contributed by atoms with van der Waals surface area (Å²) in [6.07, 6.45) is 1.06. The van der Waals surface area contributed by atoms with Crippen LogP contribution in [-0.4, -0.2) is 43.7 Å². The SMILES string of the molecule is CCOC(=O)c1ccc2c(c1)C(NCCCN(CC)CC)c1ccccc1CO2. The highest BCUT2D eigenvalue weighted by Gasteiger charge is 2.25. The van der Waals surface area contributed by atoms with E-state index in [1.165, 1.54) is 11.1 Å². The van der Waals surface area contributed by atoms with E-state index in [9.17, 15) is 4.79 Å². The van der Waals surface area contributed by atoms with Crippen molar-refractivity contribution in [2.75, 3.05) is 32.8 Å². The van der Waals surface area contributed by atoms with E-state index in [1.807, 2.05) is 25.1 Å². The van der Waals surface area contributed by atoms with Crippen LogP contribution in [0.4, 0.5) is 0 Å². The highest BCUT2D eigenvalue weighted by atomic mass is 16.5. The van der Waals surface area contributed by atoms with E-state index in [0.717, 1.165) is 43.9 Å². The normalized spacial score (nSPS) is 15.2. The van der Waals surface area contributed by atoms with Crippen molar-refractivity contribution in [2.24, 2.45) is 0 Å². The molecule has 0 saturated carbocycles. The quantitative estimate of drug-likeness (QED) is 0.509. The number of esters is 1. The Labute approximate surface area is 174 Å². The predicted octanol–water partition coefficient (Wildman–Crippen LogP) is 4.17. The first-order valence-corrected chi connectivity index (χ1v) is 10.6. The van der Waals surface area contributed by atoms with Gasteiger partial charge in [0.15, 0.2) is 0 Å². The van der Waals surface area contributed by atoms with Gasteiger partial charge in [0.25, 0.3) is 0 Å². The standard InChI is InChI=1S/C24H32N2O3/c1-4-26(5-2)15-9-14-25-23-20-11-8-7-10-19(20)17-29-22-13-12-18(16-21(22)23)24(27)28-6-3/h7-8,10-13,16,23,25H,4-6,9,14-15,17H2,1-3H3. The number of hydrogen-bond acceptors (Lipinski definition) is 5. The Bertz CT molecular complexity index is 818. The van der Waals surface area contributed by atoms with Gasteiger partial charge in [0, 0.05) is 5.56 Å². The second kappa shape index (κ2) is 10.4. The fourth-order valence-electron chi connectivity index (χ4n) is 3.83. The first-order valence-electron chi connectivity index (χ1n) is 10.6. The Balaban J connectivity index is 1.86. The summed E-state index contributed by atoms with van der Waals surface area (Å²) in [5, 5.41) is 3.72. The zero-order valence-corrected chi connectivity index (χ0v) is 17.7. The van der Waals surface area contributed by atoms with Crippen LogP contribution in [0.3, 0.4) is 0 Å². The van der Waals surface area contributed by atoms with Gasteiger partial charge >= 0.3 is 5.97 Å². The van der Waals surface area contributed by atoms with Crippen molar-refractivity contribution >= 4 is 5.97 Å². The van der Waals surface area contributed by atoms with Crippen LogP contribution < -0.4 is 10.1 Å². The van der Waals surface area contributed by atoms with E-state index < -0.39 is 0 Å². The van der Waals surface area contributed by atoms with E-state index in [0.29, 0.717) is 18.8 Å². The van der Waals surface area contributed by atoms with Crippen LogP contribution in [0, 0.1) is 0 Å². The maximum atomic E-state index is 12.3. The average molecular weight is 397 g/mol. The Morgan fingerprint density at radius 3 is 2.69 bits per heavy atom. The first-order chi connectivity index (χ1) is 14.2. The smallest absolute Gasteiger partial charge is 0.338 e. The Morgan fingerprint density at radius 2 is 1.93 bits per heavy atom. The molecule has 2 aromatic carbocycles. The lowest BCUT2D eigenvalue weighted by molar-refractivity contribution is 0.0526. The third-order valence-corrected chi connectivity index (χ3v) is 5.48. The van der Waals surface area contributed by atoms with Crippen molar-refractivity contribution in [3.8, 4) is 5.75 Å². The second-order valence-corrected chi connectivity index (χ2v) is 7.23. The molecule has 5 heteroatoms. The summed E-state index contributed by atoms with van der Waals surface area (Å²) in [5.41, 5.74) is 3.92. The van der Waals surface area contributed by atoms with Crippen LogP contribution in [0.5, 0.6) is 5.75 Å². The lowest BCUT2D eigenvalue weighted by Gasteiger charge is -2.23. The summed E-state index contributed by atoms with van der Waals surface area (Å²) >= 11 is 0. The number of carbonyl (C=O) groups is 1. The summed E-state index contributed by atoms with van der Waals surface area (Å²) in [5.74, 6) is 0.517. The molecule has 0 fully saturated rings. The summed E-state index contributed by atoms with van der Waals surface area (Å²) < 4.78 is 11.3. The highest BCUT2D eigenvalue weighted by molar-refractivity contribution is 5.90. The molecule has 0 aliphatic carbocycles. The van der Waals surface area contributed by atoms with Crippen molar-refractivity contribution < 1.29 is 14.3 Å². The van der Waals surface area contributed by atoms with Crippen molar-refractivity contribution in [3.63, 3.8) is 0 Å². The van der Waals surface area contributed by atoms with Crippen molar-refractivity contribution in [3.05, 3.63) is 64.7 Å². The molecule has 0 amide bonds. The van der Waals surface area contributed by atoms with Gasteiger partial charge in [-0.25, -0.2) is 4.79 Å². The van der Waals surface area contributed by atoms with E-state index in [1.54, 1.807) is 6.07 Å². The molecule has 29 heavy (non-hydrogen) atoms. The van der Waals surface area contributed by atoms with Gasteiger partial charge < -0.3 is 19.7 Å². The summed E-state index contributed by atoms with van der Waals surface area (Å²) in [6, 6.07) is 13.9. The van der Waals surface area contributed by atoms with Gasteiger partial charge in [-0.15, -0.1) is 0 Å². The number of hydrogen-bond donors (Lipinski definition) is 1. The molecule has 5 nitrogen and oxygen atoms in total. The third kappa shape index (κ3) is 5.17. The fourth-order valence-corrected chi connectivity index (χ4v) is 3.83. The van der Waals surface area contributed by atoms with Crippen LogP contribution in [0.25, 0.3) is 0 Å². The molecule has 1 aliphatic heterocycles. The van der Waals surface area contributed by atoms with Crippen molar-refractivity contribution in [2.45, 2.75) is 39.8 Å². The van der Waals surface area contributed by atoms with E-state index >= 15 is 0 Å². The molecule has 0 radical (unpaired) electrons. The number of ether oxygens (including phenoxy) is 2. The number of carbonyl (C=O) groups excluding carboxylic acids is 1. The maximum Gasteiger partial charge on any atom is 0.338 e. The van der Waals surface area contributed by atoms with E-state index in [-0.39, 0.29) is 12.0 Å². The highest BCUT2D eigenvalue weighted by Crippen LogP contribution is 2.36. The van der Waals surface area contributed by atoms with Gasteiger partial charge in [0.05, 0.1) is 18.2 Å². The van der Waals surface area contributed by atoms with E-state index in [2.05, 4.69) is 42.3 Å². The molecule has 1 heterocycles. The first kappa shape index (κ1) is 21.3. The van der Waals surface area contributed by atoms with Crippen LogP contribution in [0.15, 0.2) is 42.5 Å². The van der Waals surface area contributed by atoms with Gasteiger partial charge in [-0.2, -0.15) is 0 Å². The number of nitrogens with zero attached hydrogens (tertiary/aromatic N) is 1. The van der Waals surface area contributed by atoms with Gasteiger partial charge in [0.2, 0.25) is 0 Å². The lowest BCUT2D eigenvalue weighted by Crippen LogP contribution is -2.29. The Hall–Kier alpha value is -2.37. The van der Waals surface area contributed by atoms with Crippen LogP contribution in [-0.2, 0) is 11.3 Å². The molecule has 1 aliphatic rings. The Kier molecular flexibility index (Phi) is 7.67. The number of rotatable bonds is 9. The molecule has 3 rings (SSSR count). The molecule has 0 bridgehead atoms. The Morgan fingerprint density at radius 1 is 1.14 bits per heavy atom. The molecule has 0 aromatic heterocycles. The number of nitrogens with one attached hydrogen (secondary N) is 1. The second-order valence-electron chi connectivity index (χ2n) is 7.23. The zero-order chi connectivity index (χ0) is 20.6. The maximum absolute atomic E-state index is 12.3. The number of benzene rings is 2. The van der Waals surface area contributed by atoms with E-state index in [4.69, 9.17) is 9.47 Å². The molecular weight excluding hydrogens is 364 g/mol. The third-order valence-electron chi connectivity index (χ3n) is 5.48. The van der Waals surface area contributed by atoms with Crippen molar-refractivity contribution in [1.82, 2.24) is 10.2 Å². The van der Waals surface area contributed by atoms with Gasteiger partial charge in [-0.05, 0) is 68.8 Å². The molecule has 2 aromatic rings. The van der Waals surface area contributed by atoms with Crippen LogP contribution >= 0.6 is 0 Å². The average Bonchev–Trinajstić information content (AvgIpc) is 2.90. The minimum absolute atomic E-state index is 0.0187.